The molecule has 3 rings (SSSR count). The minimum atomic E-state index is -0.176. The molecule has 2 heterocycles. The largest absolute Gasteiger partial charge is 0.339 e. The van der Waals surface area contributed by atoms with E-state index in [1.165, 1.54) is 11.1 Å². The highest BCUT2D eigenvalue weighted by Gasteiger charge is 2.23. The van der Waals surface area contributed by atoms with E-state index in [2.05, 4.69) is 36.3 Å². The zero-order valence-corrected chi connectivity index (χ0v) is 15.9. The van der Waals surface area contributed by atoms with Crippen molar-refractivity contribution in [1.82, 2.24) is 20.1 Å². The van der Waals surface area contributed by atoms with Crippen LogP contribution in [0.5, 0.6) is 0 Å². The maximum atomic E-state index is 13.0. The van der Waals surface area contributed by atoms with Crippen LogP contribution in [0.2, 0.25) is 0 Å². The first-order valence-corrected chi connectivity index (χ1v) is 9.28. The second kappa shape index (κ2) is 8.77. The SMILES string of the molecule is Cc1ccc(CN(CC(=O)N2CCNCC2)C(=O)c2cccnc2)cc1C. The van der Waals surface area contributed by atoms with Gasteiger partial charge in [-0.1, -0.05) is 18.2 Å². The fourth-order valence-corrected chi connectivity index (χ4v) is 3.17. The van der Waals surface area contributed by atoms with E-state index in [-0.39, 0.29) is 18.4 Å². The van der Waals surface area contributed by atoms with Crippen LogP contribution in [0, 0.1) is 13.8 Å². The molecular formula is C21H26N4O2. The third-order valence-corrected chi connectivity index (χ3v) is 4.94. The van der Waals surface area contributed by atoms with Crippen LogP contribution in [-0.2, 0) is 11.3 Å². The average molecular weight is 366 g/mol. The van der Waals surface area contributed by atoms with Gasteiger partial charge in [0.2, 0.25) is 5.91 Å². The van der Waals surface area contributed by atoms with Gasteiger partial charge in [-0.2, -0.15) is 0 Å². The Morgan fingerprint density at radius 1 is 1.15 bits per heavy atom. The van der Waals surface area contributed by atoms with E-state index in [1.54, 1.807) is 29.4 Å². The lowest BCUT2D eigenvalue weighted by Crippen LogP contribution is -2.50. The Bertz CT molecular complexity index is 801. The highest BCUT2D eigenvalue weighted by molar-refractivity contribution is 5.96. The second-order valence-electron chi connectivity index (χ2n) is 6.95. The minimum Gasteiger partial charge on any atom is -0.339 e. The monoisotopic (exact) mass is 366 g/mol. The molecule has 2 aromatic rings. The maximum absolute atomic E-state index is 13.0. The van der Waals surface area contributed by atoms with Gasteiger partial charge in [-0.3, -0.25) is 14.6 Å². The number of rotatable bonds is 5. The smallest absolute Gasteiger partial charge is 0.256 e. The quantitative estimate of drug-likeness (QED) is 0.876. The number of aryl methyl sites for hydroxylation is 2. The first kappa shape index (κ1) is 19.0. The number of piperazine rings is 1. The summed E-state index contributed by atoms with van der Waals surface area (Å²) in [5.41, 5.74) is 3.90. The van der Waals surface area contributed by atoms with Crippen LogP contribution < -0.4 is 5.32 Å². The number of pyridine rings is 1. The summed E-state index contributed by atoms with van der Waals surface area (Å²) in [6.45, 7) is 7.52. The first-order valence-electron chi connectivity index (χ1n) is 9.28. The molecule has 0 radical (unpaired) electrons. The predicted octanol–water partition coefficient (Wildman–Crippen LogP) is 1.77. The summed E-state index contributed by atoms with van der Waals surface area (Å²) in [5.74, 6) is -0.192. The van der Waals surface area contributed by atoms with Gasteiger partial charge in [-0.25, -0.2) is 0 Å². The van der Waals surface area contributed by atoms with Gasteiger partial charge in [0, 0.05) is 45.1 Å². The molecule has 27 heavy (non-hydrogen) atoms. The Morgan fingerprint density at radius 2 is 1.93 bits per heavy atom. The Kier molecular flexibility index (Phi) is 6.19. The van der Waals surface area contributed by atoms with Crippen LogP contribution >= 0.6 is 0 Å². The molecule has 1 saturated heterocycles. The number of benzene rings is 1. The van der Waals surface area contributed by atoms with Gasteiger partial charge in [0.05, 0.1) is 5.56 Å². The first-order chi connectivity index (χ1) is 13.0. The number of carbonyl (C=O) groups excluding carboxylic acids is 2. The Labute approximate surface area is 160 Å². The van der Waals surface area contributed by atoms with E-state index < -0.39 is 0 Å². The van der Waals surface area contributed by atoms with Crippen LogP contribution in [0.3, 0.4) is 0 Å². The summed E-state index contributed by atoms with van der Waals surface area (Å²) >= 11 is 0. The van der Waals surface area contributed by atoms with Crippen molar-refractivity contribution >= 4 is 11.8 Å². The van der Waals surface area contributed by atoms with Crippen LogP contribution in [0.25, 0.3) is 0 Å². The van der Waals surface area contributed by atoms with Crippen molar-refractivity contribution < 1.29 is 9.59 Å². The van der Waals surface area contributed by atoms with Crippen molar-refractivity contribution in [2.45, 2.75) is 20.4 Å². The van der Waals surface area contributed by atoms with Crippen LogP contribution in [-0.4, -0.2) is 59.3 Å². The highest BCUT2D eigenvalue weighted by Crippen LogP contribution is 2.14. The lowest BCUT2D eigenvalue weighted by atomic mass is 10.1. The van der Waals surface area contributed by atoms with E-state index in [0.29, 0.717) is 25.2 Å². The van der Waals surface area contributed by atoms with Gasteiger partial charge in [-0.15, -0.1) is 0 Å². The predicted molar refractivity (Wildman–Crippen MR) is 104 cm³/mol. The fraction of sp³-hybridized carbons (Fsp3) is 0.381. The van der Waals surface area contributed by atoms with Crippen molar-refractivity contribution in [2.75, 3.05) is 32.7 Å². The van der Waals surface area contributed by atoms with Crippen LogP contribution in [0.4, 0.5) is 0 Å². The summed E-state index contributed by atoms with van der Waals surface area (Å²) in [4.78, 5) is 33.2. The van der Waals surface area contributed by atoms with E-state index >= 15 is 0 Å². The van der Waals surface area contributed by atoms with E-state index in [9.17, 15) is 9.59 Å². The average Bonchev–Trinajstić information content (AvgIpc) is 2.71. The molecule has 1 aliphatic rings. The maximum Gasteiger partial charge on any atom is 0.256 e. The van der Waals surface area contributed by atoms with E-state index in [0.717, 1.165) is 18.7 Å². The molecule has 1 fully saturated rings. The summed E-state index contributed by atoms with van der Waals surface area (Å²) in [6.07, 6.45) is 3.18. The summed E-state index contributed by atoms with van der Waals surface area (Å²) < 4.78 is 0. The molecule has 0 bridgehead atoms. The molecule has 6 nitrogen and oxygen atoms in total. The number of nitrogens with one attached hydrogen (secondary N) is 1. The molecule has 0 atom stereocenters. The molecular weight excluding hydrogens is 340 g/mol. The Morgan fingerprint density at radius 3 is 2.59 bits per heavy atom. The van der Waals surface area contributed by atoms with Gasteiger partial charge in [-0.05, 0) is 42.7 Å². The molecule has 2 amide bonds. The van der Waals surface area contributed by atoms with Crippen LogP contribution in [0.15, 0.2) is 42.7 Å². The van der Waals surface area contributed by atoms with Gasteiger partial charge in [0.15, 0.2) is 0 Å². The molecule has 1 aromatic heterocycles. The van der Waals surface area contributed by atoms with E-state index in [1.807, 2.05) is 11.0 Å². The van der Waals surface area contributed by atoms with Crippen molar-refractivity contribution in [2.24, 2.45) is 0 Å². The van der Waals surface area contributed by atoms with Crippen LogP contribution in [0.1, 0.15) is 27.0 Å². The molecule has 6 heteroatoms. The van der Waals surface area contributed by atoms with Gasteiger partial charge >= 0.3 is 0 Å². The third kappa shape index (κ3) is 4.92. The van der Waals surface area contributed by atoms with Crippen molar-refractivity contribution in [3.63, 3.8) is 0 Å². The minimum absolute atomic E-state index is 0.0161. The number of carbonyl (C=O) groups is 2. The highest BCUT2D eigenvalue weighted by atomic mass is 16.2. The van der Waals surface area contributed by atoms with Gasteiger partial charge < -0.3 is 15.1 Å². The number of hydrogen-bond donors (Lipinski definition) is 1. The van der Waals surface area contributed by atoms with Gasteiger partial charge in [0.25, 0.3) is 5.91 Å². The number of hydrogen-bond acceptors (Lipinski definition) is 4. The molecule has 1 N–H and O–H groups in total. The lowest BCUT2D eigenvalue weighted by molar-refractivity contribution is -0.132. The molecule has 1 aliphatic heterocycles. The second-order valence-corrected chi connectivity index (χ2v) is 6.95. The molecule has 0 spiro atoms. The summed E-state index contributed by atoms with van der Waals surface area (Å²) in [5, 5.41) is 3.24. The third-order valence-electron chi connectivity index (χ3n) is 4.94. The Hall–Kier alpha value is -2.73. The molecule has 0 saturated carbocycles. The van der Waals surface area contributed by atoms with Crippen molar-refractivity contribution in [1.29, 1.82) is 0 Å². The molecule has 1 aromatic carbocycles. The number of amides is 2. The topological polar surface area (TPSA) is 65.5 Å². The standard InChI is InChI=1S/C21H26N4O2/c1-16-5-6-18(12-17(16)2)14-25(21(27)19-4-3-7-23-13-19)15-20(26)24-10-8-22-9-11-24/h3-7,12-13,22H,8-11,14-15H2,1-2H3. The zero-order valence-electron chi connectivity index (χ0n) is 15.9. The van der Waals surface area contributed by atoms with Gasteiger partial charge in [0.1, 0.15) is 6.54 Å². The molecule has 0 unspecified atom stereocenters. The fourth-order valence-electron chi connectivity index (χ4n) is 3.17. The number of aromatic nitrogens is 1. The Balaban J connectivity index is 1.80. The number of nitrogens with zero attached hydrogens (tertiary/aromatic N) is 3. The molecule has 0 aliphatic carbocycles. The van der Waals surface area contributed by atoms with Crippen molar-refractivity contribution in [3.05, 3.63) is 65.0 Å². The van der Waals surface area contributed by atoms with Crippen molar-refractivity contribution in [3.8, 4) is 0 Å². The zero-order chi connectivity index (χ0) is 19.2. The molecule has 142 valence electrons. The van der Waals surface area contributed by atoms with E-state index in [4.69, 9.17) is 0 Å². The summed E-state index contributed by atoms with van der Waals surface area (Å²) in [6, 6.07) is 9.61. The lowest BCUT2D eigenvalue weighted by Gasteiger charge is -2.30. The summed E-state index contributed by atoms with van der Waals surface area (Å²) in [7, 11) is 0. The normalized spacial score (nSPS) is 14.1.